The number of aromatic nitrogens is 2. The first-order chi connectivity index (χ1) is 8.70. The van der Waals surface area contributed by atoms with Crippen LogP contribution in [0.3, 0.4) is 0 Å². The van der Waals surface area contributed by atoms with E-state index in [1.54, 1.807) is 25.3 Å². The molecular formula is C11H10BrN3O3. The molecule has 2 aromatic rings. The van der Waals surface area contributed by atoms with Gasteiger partial charge in [-0.2, -0.15) is 4.98 Å². The molecule has 0 saturated heterocycles. The van der Waals surface area contributed by atoms with Gasteiger partial charge in [0.2, 0.25) is 6.39 Å². The number of hydrogen-bond acceptors (Lipinski definition) is 5. The highest BCUT2D eigenvalue weighted by Crippen LogP contribution is 2.25. The van der Waals surface area contributed by atoms with Gasteiger partial charge in [0.05, 0.1) is 18.1 Å². The molecule has 94 valence electrons. The summed E-state index contributed by atoms with van der Waals surface area (Å²) in [5.74, 6) is 0.879. The fraction of sp³-hybridized carbons (Fsp3) is 0.182. The second-order valence-corrected chi connectivity index (χ2v) is 4.23. The van der Waals surface area contributed by atoms with Crippen LogP contribution >= 0.6 is 15.9 Å². The van der Waals surface area contributed by atoms with E-state index in [0.717, 1.165) is 4.47 Å². The summed E-state index contributed by atoms with van der Waals surface area (Å²) in [6.07, 6.45) is 1.21. The SMILES string of the molecule is COc1ccc(C(=O)NCc2ncon2)cc1Br. The van der Waals surface area contributed by atoms with Gasteiger partial charge in [-0.15, -0.1) is 0 Å². The average Bonchev–Trinajstić information content (AvgIpc) is 2.89. The fourth-order valence-corrected chi connectivity index (χ4v) is 1.88. The monoisotopic (exact) mass is 311 g/mol. The highest BCUT2D eigenvalue weighted by atomic mass is 79.9. The minimum Gasteiger partial charge on any atom is -0.496 e. The Bertz CT molecular complexity index is 542. The smallest absolute Gasteiger partial charge is 0.251 e. The summed E-state index contributed by atoms with van der Waals surface area (Å²) in [4.78, 5) is 15.6. The van der Waals surface area contributed by atoms with Crippen LogP contribution in [0.15, 0.2) is 33.6 Å². The number of halogens is 1. The maximum Gasteiger partial charge on any atom is 0.251 e. The number of nitrogens with zero attached hydrogens (tertiary/aromatic N) is 2. The van der Waals surface area contributed by atoms with Gasteiger partial charge in [-0.3, -0.25) is 4.79 Å². The topological polar surface area (TPSA) is 77.2 Å². The van der Waals surface area contributed by atoms with Crippen molar-refractivity contribution in [3.05, 3.63) is 40.5 Å². The Morgan fingerprint density at radius 2 is 2.39 bits per heavy atom. The quantitative estimate of drug-likeness (QED) is 0.931. The second-order valence-electron chi connectivity index (χ2n) is 3.38. The van der Waals surface area contributed by atoms with E-state index >= 15 is 0 Å². The molecule has 0 fully saturated rings. The summed E-state index contributed by atoms with van der Waals surface area (Å²) in [6.45, 7) is 0.221. The third-order valence-corrected chi connectivity index (χ3v) is 2.85. The van der Waals surface area contributed by atoms with Crippen molar-refractivity contribution in [3.63, 3.8) is 0 Å². The van der Waals surface area contributed by atoms with Crippen LogP contribution < -0.4 is 10.1 Å². The third kappa shape index (κ3) is 2.86. The van der Waals surface area contributed by atoms with Crippen molar-refractivity contribution in [2.45, 2.75) is 6.54 Å². The number of hydrogen-bond donors (Lipinski definition) is 1. The van der Waals surface area contributed by atoms with Crippen molar-refractivity contribution in [1.29, 1.82) is 0 Å². The van der Waals surface area contributed by atoms with Gasteiger partial charge in [0.1, 0.15) is 5.75 Å². The summed E-state index contributed by atoms with van der Waals surface area (Å²) < 4.78 is 10.4. The van der Waals surface area contributed by atoms with E-state index in [-0.39, 0.29) is 12.5 Å². The van der Waals surface area contributed by atoms with Crippen molar-refractivity contribution in [1.82, 2.24) is 15.5 Å². The molecule has 0 aliphatic heterocycles. The lowest BCUT2D eigenvalue weighted by Crippen LogP contribution is -2.23. The molecule has 1 N–H and O–H groups in total. The molecule has 0 unspecified atom stereocenters. The van der Waals surface area contributed by atoms with E-state index in [1.165, 1.54) is 6.39 Å². The number of carbonyl (C=O) groups is 1. The predicted molar refractivity (Wildman–Crippen MR) is 66.2 cm³/mol. The number of benzene rings is 1. The van der Waals surface area contributed by atoms with Crippen LogP contribution in [0.1, 0.15) is 16.2 Å². The molecule has 1 heterocycles. The van der Waals surface area contributed by atoms with Crippen molar-refractivity contribution >= 4 is 21.8 Å². The molecule has 0 aliphatic rings. The normalized spacial score (nSPS) is 10.1. The van der Waals surface area contributed by atoms with Gasteiger partial charge in [-0.25, -0.2) is 0 Å². The lowest BCUT2D eigenvalue weighted by Gasteiger charge is -2.06. The van der Waals surface area contributed by atoms with Gasteiger partial charge in [0.15, 0.2) is 5.82 Å². The van der Waals surface area contributed by atoms with Crippen LogP contribution in [0.25, 0.3) is 0 Å². The van der Waals surface area contributed by atoms with Gasteiger partial charge in [-0.1, -0.05) is 5.16 Å². The Morgan fingerprint density at radius 1 is 1.56 bits per heavy atom. The van der Waals surface area contributed by atoms with Gasteiger partial charge >= 0.3 is 0 Å². The van der Waals surface area contributed by atoms with Crippen molar-refractivity contribution < 1.29 is 14.1 Å². The summed E-state index contributed by atoms with van der Waals surface area (Å²) in [5, 5.41) is 6.28. The van der Waals surface area contributed by atoms with Crippen LogP contribution in [0.2, 0.25) is 0 Å². The second kappa shape index (κ2) is 5.63. The van der Waals surface area contributed by atoms with Crippen molar-refractivity contribution in [2.75, 3.05) is 7.11 Å². The Morgan fingerprint density at radius 3 is 3.00 bits per heavy atom. The van der Waals surface area contributed by atoms with Crippen molar-refractivity contribution in [2.24, 2.45) is 0 Å². The number of nitrogens with one attached hydrogen (secondary N) is 1. The molecule has 0 spiro atoms. The number of carbonyl (C=O) groups excluding carboxylic acids is 1. The van der Waals surface area contributed by atoms with Gasteiger partial charge in [0.25, 0.3) is 5.91 Å². The third-order valence-electron chi connectivity index (χ3n) is 2.23. The van der Waals surface area contributed by atoms with Crippen molar-refractivity contribution in [3.8, 4) is 5.75 Å². The lowest BCUT2D eigenvalue weighted by atomic mass is 10.2. The zero-order valence-corrected chi connectivity index (χ0v) is 11.1. The molecule has 0 saturated carbocycles. The number of rotatable bonds is 4. The Kier molecular flexibility index (Phi) is 3.93. The van der Waals surface area contributed by atoms with Crippen LogP contribution in [0.5, 0.6) is 5.75 Å². The summed E-state index contributed by atoms with van der Waals surface area (Å²) in [6, 6.07) is 5.08. The molecule has 0 atom stereocenters. The molecule has 18 heavy (non-hydrogen) atoms. The molecule has 7 heteroatoms. The maximum absolute atomic E-state index is 11.8. The molecule has 6 nitrogen and oxygen atoms in total. The minimum atomic E-state index is -0.219. The first-order valence-electron chi connectivity index (χ1n) is 5.07. The van der Waals surface area contributed by atoms with E-state index < -0.39 is 0 Å². The fourth-order valence-electron chi connectivity index (χ4n) is 1.34. The number of methoxy groups -OCH3 is 1. The molecule has 1 aromatic heterocycles. The molecule has 1 aromatic carbocycles. The van der Waals surface area contributed by atoms with E-state index in [4.69, 9.17) is 4.74 Å². The standard InChI is InChI=1S/C11H10BrN3O3/c1-17-9-3-2-7(4-8(9)12)11(16)13-5-10-14-6-18-15-10/h2-4,6H,5H2,1H3,(H,13,16). The predicted octanol–water partition coefficient (Wildman–Crippen LogP) is 1.77. The summed E-state index contributed by atoms with van der Waals surface area (Å²) in [5.41, 5.74) is 0.520. The van der Waals surface area contributed by atoms with Crippen LogP contribution in [-0.2, 0) is 6.54 Å². The maximum atomic E-state index is 11.8. The van der Waals surface area contributed by atoms with E-state index in [1.807, 2.05) is 0 Å². The zero-order chi connectivity index (χ0) is 13.0. The Labute approximate surface area is 111 Å². The zero-order valence-electron chi connectivity index (χ0n) is 9.51. The highest BCUT2D eigenvalue weighted by Gasteiger charge is 2.09. The Balaban J connectivity index is 2.02. The molecule has 2 rings (SSSR count). The average molecular weight is 312 g/mol. The molecule has 0 aliphatic carbocycles. The highest BCUT2D eigenvalue weighted by molar-refractivity contribution is 9.10. The first-order valence-corrected chi connectivity index (χ1v) is 5.87. The summed E-state index contributed by atoms with van der Waals surface area (Å²) >= 11 is 3.32. The van der Waals surface area contributed by atoms with Gasteiger partial charge in [-0.05, 0) is 34.1 Å². The van der Waals surface area contributed by atoms with E-state index in [0.29, 0.717) is 17.1 Å². The van der Waals surface area contributed by atoms with Crippen LogP contribution in [0.4, 0.5) is 0 Å². The minimum absolute atomic E-state index is 0.219. The van der Waals surface area contributed by atoms with E-state index in [9.17, 15) is 4.79 Å². The van der Waals surface area contributed by atoms with E-state index in [2.05, 4.69) is 35.9 Å². The molecule has 0 radical (unpaired) electrons. The largest absolute Gasteiger partial charge is 0.496 e. The van der Waals surface area contributed by atoms with Crippen LogP contribution in [0, 0.1) is 0 Å². The number of amides is 1. The molecular weight excluding hydrogens is 302 g/mol. The van der Waals surface area contributed by atoms with Gasteiger partial charge in [0, 0.05) is 5.56 Å². The van der Waals surface area contributed by atoms with Crippen LogP contribution in [-0.4, -0.2) is 23.2 Å². The summed E-state index contributed by atoms with van der Waals surface area (Å²) in [7, 11) is 1.57. The Hall–Kier alpha value is -1.89. The lowest BCUT2D eigenvalue weighted by molar-refractivity contribution is 0.0949. The van der Waals surface area contributed by atoms with Gasteiger partial charge < -0.3 is 14.6 Å². The molecule has 1 amide bonds. The number of ether oxygens (including phenoxy) is 1. The molecule has 0 bridgehead atoms. The first kappa shape index (κ1) is 12.6.